The summed E-state index contributed by atoms with van der Waals surface area (Å²) >= 11 is 5.54. The van der Waals surface area contributed by atoms with Crippen molar-refractivity contribution >= 4 is 17.7 Å². The van der Waals surface area contributed by atoms with E-state index < -0.39 is 0 Å². The Kier molecular flexibility index (Phi) is 3.81. The smallest absolute Gasteiger partial charge is 0.0342 e. The molecule has 0 aliphatic rings. The lowest BCUT2D eigenvalue weighted by molar-refractivity contribution is 1.23. The number of allylic oxidation sites excluding steroid dienone is 1. The molecule has 1 heterocycles. The fraction of sp³-hybridized carbons (Fsp3) is 0.300. The quantitative estimate of drug-likeness (QED) is 0.654. The minimum atomic E-state index is 0.676. The molecule has 1 aromatic rings. The highest BCUT2D eigenvalue weighted by molar-refractivity contribution is 6.17. The highest BCUT2D eigenvalue weighted by Gasteiger charge is 1.90. The first-order valence-electron chi connectivity index (χ1n) is 3.97. The van der Waals surface area contributed by atoms with Crippen LogP contribution in [0.2, 0.25) is 0 Å². The van der Waals surface area contributed by atoms with Gasteiger partial charge >= 0.3 is 0 Å². The van der Waals surface area contributed by atoms with Crippen LogP contribution in [0.25, 0.3) is 6.08 Å². The number of rotatable bonds is 3. The van der Waals surface area contributed by atoms with Crippen LogP contribution in [0.3, 0.4) is 0 Å². The molecule has 0 unspecified atom stereocenters. The Hall–Kier alpha value is -0.820. The van der Waals surface area contributed by atoms with E-state index >= 15 is 0 Å². The molecule has 0 bridgehead atoms. The lowest BCUT2D eigenvalue weighted by Crippen LogP contribution is -1.81. The van der Waals surface area contributed by atoms with E-state index in [2.05, 4.69) is 24.1 Å². The van der Waals surface area contributed by atoms with Gasteiger partial charge in [0.15, 0.2) is 0 Å². The van der Waals surface area contributed by atoms with Crippen LogP contribution in [0, 0.1) is 6.92 Å². The largest absolute Gasteiger partial charge is 0.264 e. The van der Waals surface area contributed by atoms with Gasteiger partial charge in [0.05, 0.1) is 0 Å². The van der Waals surface area contributed by atoms with Crippen LogP contribution >= 0.6 is 11.6 Å². The van der Waals surface area contributed by atoms with E-state index in [1.807, 2.05) is 12.3 Å². The highest BCUT2D eigenvalue weighted by atomic mass is 35.5. The third-order valence-corrected chi connectivity index (χ3v) is 1.87. The topological polar surface area (TPSA) is 12.9 Å². The number of hydrogen-bond donors (Lipinski definition) is 0. The zero-order valence-corrected chi connectivity index (χ0v) is 7.88. The van der Waals surface area contributed by atoms with Gasteiger partial charge in [0.2, 0.25) is 0 Å². The van der Waals surface area contributed by atoms with Crippen LogP contribution in [0.1, 0.15) is 17.5 Å². The minimum absolute atomic E-state index is 0.676. The summed E-state index contributed by atoms with van der Waals surface area (Å²) in [6, 6.07) is 2.00. The molecule has 0 N–H and O–H groups in total. The number of aromatic nitrogens is 1. The Morgan fingerprint density at radius 2 is 2.42 bits per heavy atom. The lowest BCUT2D eigenvalue weighted by Gasteiger charge is -1.96. The van der Waals surface area contributed by atoms with Crippen LogP contribution in [0.15, 0.2) is 24.5 Å². The van der Waals surface area contributed by atoms with Crippen molar-refractivity contribution < 1.29 is 0 Å². The predicted octanol–water partition coefficient (Wildman–Crippen LogP) is 3.03. The Morgan fingerprint density at radius 1 is 1.58 bits per heavy atom. The Morgan fingerprint density at radius 3 is 3.08 bits per heavy atom. The molecule has 0 atom stereocenters. The maximum atomic E-state index is 5.54. The van der Waals surface area contributed by atoms with Gasteiger partial charge in [-0.1, -0.05) is 12.2 Å². The first kappa shape index (κ1) is 9.27. The number of alkyl halides is 1. The molecule has 12 heavy (non-hydrogen) atoms. The van der Waals surface area contributed by atoms with Crippen molar-refractivity contribution in [3.63, 3.8) is 0 Å². The molecule has 0 spiro atoms. The molecule has 0 radical (unpaired) electrons. The average Bonchev–Trinajstić information content (AvgIpc) is 2.09. The molecule has 1 rings (SSSR count). The van der Waals surface area contributed by atoms with E-state index in [0.29, 0.717) is 5.88 Å². The van der Waals surface area contributed by atoms with Crippen molar-refractivity contribution in [1.82, 2.24) is 4.98 Å². The van der Waals surface area contributed by atoms with Gasteiger partial charge in [-0.25, -0.2) is 0 Å². The van der Waals surface area contributed by atoms with Gasteiger partial charge in [0, 0.05) is 18.3 Å². The number of hydrogen-bond acceptors (Lipinski definition) is 1. The second-order valence-corrected chi connectivity index (χ2v) is 2.99. The molecule has 0 aliphatic heterocycles. The Balaban J connectivity index is 2.68. The van der Waals surface area contributed by atoms with Crippen molar-refractivity contribution in [2.24, 2.45) is 0 Å². The Bertz CT molecular complexity index is 268. The summed E-state index contributed by atoms with van der Waals surface area (Å²) in [5.74, 6) is 0.676. The lowest BCUT2D eigenvalue weighted by atomic mass is 10.1. The van der Waals surface area contributed by atoms with Gasteiger partial charge in [0.1, 0.15) is 0 Å². The standard InChI is InChI=1S/C10H12ClN/c1-9-5-7-12-8-10(9)4-2-3-6-11/h2,4-5,7-8H,3,6H2,1H3/b4-2+. The maximum Gasteiger partial charge on any atom is 0.0342 e. The second-order valence-electron chi connectivity index (χ2n) is 2.61. The van der Waals surface area contributed by atoms with Crippen molar-refractivity contribution in [3.8, 4) is 0 Å². The van der Waals surface area contributed by atoms with Crippen LogP contribution in [0.5, 0.6) is 0 Å². The number of halogens is 1. The fourth-order valence-electron chi connectivity index (χ4n) is 0.924. The molecule has 2 heteroatoms. The number of nitrogens with zero attached hydrogens (tertiary/aromatic N) is 1. The van der Waals surface area contributed by atoms with Crippen LogP contribution < -0.4 is 0 Å². The SMILES string of the molecule is Cc1ccncc1/C=C/CCCl. The summed E-state index contributed by atoms with van der Waals surface area (Å²) < 4.78 is 0. The highest BCUT2D eigenvalue weighted by Crippen LogP contribution is 2.07. The first-order chi connectivity index (χ1) is 5.84. The molecular weight excluding hydrogens is 170 g/mol. The molecule has 0 aromatic carbocycles. The summed E-state index contributed by atoms with van der Waals surface area (Å²) in [5, 5.41) is 0. The molecule has 64 valence electrons. The number of pyridine rings is 1. The average molecular weight is 182 g/mol. The normalized spacial score (nSPS) is 10.8. The van der Waals surface area contributed by atoms with Crippen molar-refractivity contribution in [1.29, 1.82) is 0 Å². The molecule has 0 saturated heterocycles. The zero-order chi connectivity index (χ0) is 8.81. The van der Waals surface area contributed by atoms with Crippen LogP contribution in [-0.2, 0) is 0 Å². The van der Waals surface area contributed by atoms with Crippen molar-refractivity contribution in [3.05, 3.63) is 35.7 Å². The predicted molar refractivity (Wildman–Crippen MR) is 53.3 cm³/mol. The second kappa shape index (κ2) is 4.94. The summed E-state index contributed by atoms with van der Waals surface area (Å²) in [5.41, 5.74) is 2.42. The molecule has 0 amide bonds. The maximum absolute atomic E-state index is 5.54. The Labute approximate surface area is 78.1 Å². The van der Waals surface area contributed by atoms with Gasteiger partial charge in [-0.15, -0.1) is 11.6 Å². The van der Waals surface area contributed by atoms with E-state index in [4.69, 9.17) is 11.6 Å². The van der Waals surface area contributed by atoms with E-state index in [9.17, 15) is 0 Å². The summed E-state index contributed by atoms with van der Waals surface area (Å²) in [6.07, 6.45) is 8.70. The van der Waals surface area contributed by atoms with E-state index in [-0.39, 0.29) is 0 Å². The monoisotopic (exact) mass is 181 g/mol. The third-order valence-electron chi connectivity index (χ3n) is 1.65. The van der Waals surface area contributed by atoms with Gasteiger partial charge in [0.25, 0.3) is 0 Å². The summed E-state index contributed by atoms with van der Waals surface area (Å²) in [6.45, 7) is 2.07. The summed E-state index contributed by atoms with van der Waals surface area (Å²) in [7, 11) is 0. The first-order valence-corrected chi connectivity index (χ1v) is 4.51. The van der Waals surface area contributed by atoms with E-state index in [1.165, 1.54) is 11.1 Å². The third kappa shape index (κ3) is 2.67. The number of aryl methyl sites for hydroxylation is 1. The molecule has 0 saturated carbocycles. The molecule has 0 aliphatic carbocycles. The van der Waals surface area contributed by atoms with E-state index in [1.54, 1.807) is 6.20 Å². The van der Waals surface area contributed by atoms with Gasteiger partial charge in [-0.05, 0) is 30.5 Å². The zero-order valence-electron chi connectivity index (χ0n) is 7.13. The van der Waals surface area contributed by atoms with Gasteiger partial charge in [-0.3, -0.25) is 4.98 Å². The van der Waals surface area contributed by atoms with Crippen molar-refractivity contribution in [2.75, 3.05) is 5.88 Å². The van der Waals surface area contributed by atoms with E-state index in [0.717, 1.165) is 6.42 Å². The molecule has 0 fully saturated rings. The van der Waals surface area contributed by atoms with Crippen LogP contribution in [0.4, 0.5) is 0 Å². The molecule has 1 aromatic heterocycles. The van der Waals surface area contributed by atoms with Gasteiger partial charge < -0.3 is 0 Å². The molecule has 1 nitrogen and oxygen atoms in total. The minimum Gasteiger partial charge on any atom is -0.264 e. The van der Waals surface area contributed by atoms with Crippen LogP contribution in [-0.4, -0.2) is 10.9 Å². The summed E-state index contributed by atoms with van der Waals surface area (Å²) in [4.78, 5) is 4.04. The molecular formula is C10H12ClN. The van der Waals surface area contributed by atoms with Gasteiger partial charge in [-0.2, -0.15) is 0 Å². The van der Waals surface area contributed by atoms with Crippen molar-refractivity contribution in [2.45, 2.75) is 13.3 Å². The fourth-order valence-corrected chi connectivity index (χ4v) is 1.05.